The van der Waals surface area contributed by atoms with Crippen molar-refractivity contribution >= 4 is 11.7 Å². The van der Waals surface area contributed by atoms with Crippen LogP contribution in [0.3, 0.4) is 0 Å². The first kappa shape index (κ1) is 16.7. The number of ketones is 1. The number of rotatable bonds is 6. The number of nitrogens with zero attached hydrogens (tertiary/aromatic N) is 3. The normalized spacial score (nSPS) is 13.6. The molecule has 3 rings (SSSR count). The molecule has 25 heavy (non-hydrogen) atoms. The van der Waals surface area contributed by atoms with E-state index in [0.717, 1.165) is 0 Å². The van der Waals surface area contributed by atoms with E-state index in [2.05, 4.69) is 4.98 Å². The molecule has 1 fully saturated rings. The highest BCUT2D eigenvalue weighted by Crippen LogP contribution is 2.20. The summed E-state index contributed by atoms with van der Waals surface area (Å²) in [6.07, 6.45) is 1.78. The minimum Gasteiger partial charge on any atom is -0.470 e. The summed E-state index contributed by atoms with van der Waals surface area (Å²) in [4.78, 5) is 29.8. The van der Waals surface area contributed by atoms with Crippen molar-refractivity contribution in [3.05, 3.63) is 59.8 Å². The Labute approximate surface area is 145 Å². The first-order valence-electron chi connectivity index (χ1n) is 8.05. The lowest BCUT2D eigenvalue weighted by molar-refractivity contribution is -0.140. The summed E-state index contributed by atoms with van der Waals surface area (Å²) in [5, 5.41) is 9.01. The fourth-order valence-corrected chi connectivity index (χ4v) is 2.59. The second-order valence-corrected chi connectivity index (χ2v) is 5.80. The lowest BCUT2D eigenvalue weighted by Gasteiger charge is -2.38. The predicted molar refractivity (Wildman–Crippen MR) is 90.0 cm³/mol. The van der Waals surface area contributed by atoms with Gasteiger partial charge in [0.1, 0.15) is 17.7 Å². The molecule has 0 atom stereocenters. The molecule has 0 unspecified atom stereocenters. The van der Waals surface area contributed by atoms with Gasteiger partial charge >= 0.3 is 0 Å². The van der Waals surface area contributed by atoms with Crippen LogP contribution in [0.2, 0.25) is 0 Å². The molecule has 1 amide bonds. The molecule has 0 aliphatic carbocycles. The number of benzene rings is 1. The summed E-state index contributed by atoms with van der Waals surface area (Å²) in [6, 6.07) is 14.3. The number of amides is 1. The van der Waals surface area contributed by atoms with Crippen LogP contribution in [-0.2, 0) is 4.79 Å². The fraction of sp³-hybridized carbons (Fsp3) is 0.263. The smallest absolute Gasteiger partial charge is 0.232 e. The van der Waals surface area contributed by atoms with Gasteiger partial charge in [0.15, 0.2) is 5.78 Å². The van der Waals surface area contributed by atoms with Crippen LogP contribution in [0.25, 0.3) is 0 Å². The van der Waals surface area contributed by atoms with Crippen molar-refractivity contribution in [2.24, 2.45) is 0 Å². The second kappa shape index (κ2) is 7.58. The molecule has 0 radical (unpaired) electrons. The van der Waals surface area contributed by atoms with Gasteiger partial charge in [0.05, 0.1) is 13.1 Å². The molecular formula is C19H17N3O3. The summed E-state index contributed by atoms with van der Waals surface area (Å²) >= 11 is 0. The van der Waals surface area contributed by atoms with Gasteiger partial charge in [-0.3, -0.25) is 9.59 Å². The topological polar surface area (TPSA) is 83.3 Å². The van der Waals surface area contributed by atoms with Gasteiger partial charge in [0, 0.05) is 24.6 Å². The summed E-state index contributed by atoms with van der Waals surface area (Å²) in [5.74, 6) is 0.196. The Hall–Kier alpha value is -3.20. The SMILES string of the molecule is N#Cc1cccnc1OC1CN(C(=O)CCC(=O)c2ccccc2)C1. The van der Waals surface area contributed by atoms with Gasteiger partial charge in [-0.25, -0.2) is 4.98 Å². The van der Waals surface area contributed by atoms with Crippen molar-refractivity contribution < 1.29 is 14.3 Å². The van der Waals surface area contributed by atoms with Crippen molar-refractivity contribution in [3.63, 3.8) is 0 Å². The zero-order valence-corrected chi connectivity index (χ0v) is 13.6. The summed E-state index contributed by atoms with van der Waals surface area (Å²) < 4.78 is 5.65. The van der Waals surface area contributed by atoms with Crippen LogP contribution in [0.15, 0.2) is 48.7 Å². The molecule has 126 valence electrons. The van der Waals surface area contributed by atoms with Gasteiger partial charge in [-0.2, -0.15) is 5.26 Å². The Balaban J connectivity index is 1.44. The average molecular weight is 335 g/mol. The quantitative estimate of drug-likeness (QED) is 0.756. The van der Waals surface area contributed by atoms with Crippen LogP contribution in [0.1, 0.15) is 28.8 Å². The summed E-state index contributed by atoms with van der Waals surface area (Å²) in [6.45, 7) is 0.888. The molecule has 1 aromatic heterocycles. The van der Waals surface area contributed by atoms with E-state index >= 15 is 0 Å². The Morgan fingerprint density at radius 3 is 2.64 bits per heavy atom. The molecule has 6 heteroatoms. The Bertz CT molecular complexity index is 808. The molecule has 1 aliphatic rings. The lowest BCUT2D eigenvalue weighted by Crippen LogP contribution is -2.56. The zero-order valence-electron chi connectivity index (χ0n) is 13.6. The van der Waals surface area contributed by atoms with Crippen LogP contribution in [0.4, 0.5) is 0 Å². The molecule has 0 N–H and O–H groups in total. The maximum absolute atomic E-state index is 12.1. The standard InChI is InChI=1S/C19H17N3O3/c20-11-15-7-4-10-21-19(15)25-16-12-22(13-16)18(24)9-8-17(23)14-5-2-1-3-6-14/h1-7,10,16H,8-9,12-13H2. The molecule has 1 aromatic carbocycles. The highest BCUT2D eigenvalue weighted by atomic mass is 16.5. The molecule has 0 bridgehead atoms. The third kappa shape index (κ3) is 4.01. The number of carbonyl (C=O) groups excluding carboxylic acids is 2. The lowest BCUT2D eigenvalue weighted by atomic mass is 10.0. The number of ether oxygens (including phenoxy) is 1. The largest absolute Gasteiger partial charge is 0.470 e. The van der Waals surface area contributed by atoms with E-state index < -0.39 is 0 Å². The predicted octanol–water partition coefficient (Wildman–Crippen LogP) is 2.21. The molecular weight excluding hydrogens is 318 g/mol. The van der Waals surface area contributed by atoms with E-state index in [9.17, 15) is 9.59 Å². The molecule has 1 saturated heterocycles. The molecule has 2 heterocycles. The number of Topliss-reactive ketones (excluding diaryl/α,β-unsaturated/α-hetero) is 1. The Morgan fingerprint density at radius 2 is 1.92 bits per heavy atom. The molecule has 6 nitrogen and oxygen atoms in total. The molecule has 0 spiro atoms. The summed E-state index contributed by atoms with van der Waals surface area (Å²) in [5.41, 5.74) is 1.00. The van der Waals surface area contributed by atoms with Gasteiger partial charge < -0.3 is 9.64 Å². The maximum atomic E-state index is 12.1. The zero-order chi connectivity index (χ0) is 17.6. The van der Waals surface area contributed by atoms with E-state index in [0.29, 0.717) is 30.1 Å². The van der Waals surface area contributed by atoms with Gasteiger partial charge in [-0.1, -0.05) is 30.3 Å². The maximum Gasteiger partial charge on any atom is 0.232 e. The van der Waals surface area contributed by atoms with Crippen LogP contribution in [0, 0.1) is 11.3 Å². The number of carbonyl (C=O) groups is 2. The number of nitriles is 1. The van der Waals surface area contributed by atoms with Crippen LogP contribution in [0.5, 0.6) is 5.88 Å². The van der Waals surface area contributed by atoms with Crippen LogP contribution >= 0.6 is 0 Å². The summed E-state index contributed by atoms with van der Waals surface area (Å²) in [7, 11) is 0. The highest BCUT2D eigenvalue weighted by Gasteiger charge is 2.32. The average Bonchev–Trinajstić information content (AvgIpc) is 2.63. The first-order chi connectivity index (χ1) is 12.2. The number of hydrogen-bond donors (Lipinski definition) is 0. The van der Waals surface area contributed by atoms with E-state index in [1.165, 1.54) is 0 Å². The van der Waals surface area contributed by atoms with Crippen molar-refractivity contribution in [2.75, 3.05) is 13.1 Å². The minimum absolute atomic E-state index is 0.0329. The van der Waals surface area contributed by atoms with Crippen molar-refractivity contribution in [1.82, 2.24) is 9.88 Å². The number of pyridine rings is 1. The third-order valence-corrected chi connectivity index (χ3v) is 4.03. The van der Waals surface area contributed by atoms with Crippen molar-refractivity contribution in [3.8, 4) is 11.9 Å². The Morgan fingerprint density at radius 1 is 1.16 bits per heavy atom. The molecule has 0 saturated carbocycles. The first-order valence-corrected chi connectivity index (χ1v) is 8.05. The van der Waals surface area contributed by atoms with Gasteiger partial charge in [-0.15, -0.1) is 0 Å². The highest BCUT2D eigenvalue weighted by molar-refractivity contribution is 5.97. The van der Waals surface area contributed by atoms with Crippen LogP contribution < -0.4 is 4.74 Å². The Kier molecular flexibility index (Phi) is 5.05. The van der Waals surface area contributed by atoms with E-state index in [1.807, 2.05) is 12.1 Å². The molecule has 2 aromatic rings. The van der Waals surface area contributed by atoms with E-state index in [4.69, 9.17) is 10.00 Å². The van der Waals surface area contributed by atoms with Crippen molar-refractivity contribution in [1.29, 1.82) is 5.26 Å². The number of aromatic nitrogens is 1. The molecule has 1 aliphatic heterocycles. The van der Waals surface area contributed by atoms with Crippen molar-refractivity contribution in [2.45, 2.75) is 18.9 Å². The van der Waals surface area contributed by atoms with E-state index in [-0.39, 0.29) is 30.6 Å². The monoisotopic (exact) mass is 335 g/mol. The van der Waals surface area contributed by atoms with E-state index in [1.54, 1.807) is 47.5 Å². The second-order valence-electron chi connectivity index (χ2n) is 5.80. The fourth-order valence-electron chi connectivity index (χ4n) is 2.59. The number of likely N-dealkylation sites (tertiary alicyclic amines) is 1. The van der Waals surface area contributed by atoms with Gasteiger partial charge in [-0.05, 0) is 12.1 Å². The van der Waals surface area contributed by atoms with Crippen LogP contribution in [-0.4, -0.2) is 40.8 Å². The van der Waals surface area contributed by atoms with Gasteiger partial charge in [0.25, 0.3) is 0 Å². The van der Waals surface area contributed by atoms with Gasteiger partial charge in [0.2, 0.25) is 11.8 Å². The number of hydrogen-bond acceptors (Lipinski definition) is 5. The third-order valence-electron chi connectivity index (χ3n) is 4.03. The minimum atomic E-state index is -0.171.